The van der Waals surface area contributed by atoms with Crippen LogP contribution in [0.3, 0.4) is 0 Å². The lowest BCUT2D eigenvalue weighted by Gasteiger charge is -2.38. The van der Waals surface area contributed by atoms with E-state index in [4.69, 9.17) is 4.74 Å². The summed E-state index contributed by atoms with van der Waals surface area (Å²) < 4.78 is 5.96. The molecule has 2 aromatic rings. The van der Waals surface area contributed by atoms with Crippen LogP contribution in [0.15, 0.2) is 35.1 Å². The maximum atomic E-state index is 12.7. The molecule has 2 heterocycles. The second-order valence-electron chi connectivity index (χ2n) is 7.48. The average Bonchev–Trinajstić information content (AvgIpc) is 2.54. The van der Waals surface area contributed by atoms with Crippen LogP contribution >= 0.6 is 0 Å². The summed E-state index contributed by atoms with van der Waals surface area (Å²) in [6.45, 7) is 6.91. The molecular formula is C19H24N2O3. The Kier molecular flexibility index (Phi) is 4.22. The van der Waals surface area contributed by atoms with E-state index in [0.717, 1.165) is 10.9 Å². The topological polar surface area (TPSA) is 71.2 Å². The Labute approximate surface area is 141 Å². The summed E-state index contributed by atoms with van der Waals surface area (Å²) in [6, 6.07) is 9.51. The van der Waals surface area contributed by atoms with Crippen LogP contribution in [0.2, 0.25) is 0 Å². The number of fused-ring (bicyclic) bond motifs is 1. The lowest BCUT2D eigenvalue weighted by molar-refractivity contribution is -0.174. The largest absolute Gasteiger partial charge is 0.453 e. The third kappa shape index (κ3) is 3.08. The molecule has 5 nitrogen and oxygen atoms in total. The minimum atomic E-state index is -0.868. The quantitative estimate of drug-likeness (QED) is 0.832. The number of H-pyrrole nitrogens is 1. The molecule has 5 heteroatoms. The van der Waals surface area contributed by atoms with Crippen molar-refractivity contribution < 1.29 is 9.53 Å². The van der Waals surface area contributed by atoms with Crippen LogP contribution in [0.1, 0.15) is 39.2 Å². The van der Waals surface area contributed by atoms with Crippen molar-refractivity contribution in [1.82, 2.24) is 10.3 Å². The van der Waals surface area contributed by atoms with Gasteiger partial charge in [-0.15, -0.1) is 0 Å². The molecule has 0 atom stereocenters. The number of para-hydroxylation sites is 1. The SMILES string of the molecule is CC(C)(C)C(=O)OC1(c2cc3ccccc3[nH]c2=O)CCNCC1. The van der Waals surface area contributed by atoms with Crippen LogP contribution in [0, 0.1) is 5.41 Å². The monoisotopic (exact) mass is 328 g/mol. The molecule has 1 aromatic heterocycles. The molecule has 1 fully saturated rings. The summed E-state index contributed by atoms with van der Waals surface area (Å²) in [5, 5.41) is 4.22. The first-order valence-corrected chi connectivity index (χ1v) is 8.39. The second-order valence-corrected chi connectivity index (χ2v) is 7.48. The van der Waals surface area contributed by atoms with E-state index < -0.39 is 11.0 Å². The number of benzene rings is 1. The van der Waals surface area contributed by atoms with E-state index in [1.807, 2.05) is 51.1 Å². The molecule has 1 aliphatic heterocycles. The van der Waals surface area contributed by atoms with Gasteiger partial charge in [-0.25, -0.2) is 0 Å². The number of rotatable bonds is 2. The van der Waals surface area contributed by atoms with E-state index in [9.17, 15) is 9.59 Å². The normalized spacial score (nSPS) is 17.6. The molecule has 0 unspecified atom stereocenters. The number of carbonyl (C=O) groups is 1. The fraction of sp³-hybridized carbons (Fsp3) is 0.474. The fourth-order valence-electron chi connectivity index (χ4n) is 3.07. The first-order valence-electron chi connectivity index (χ1n) is 8.39. The van der Waals surface area contributed by atoms with Crippen LogP contribution in [-0.2, 0) is 15.1 Å². The summed E-state index contributed by atoms with van der Waals surface area (Å²) in [5.41, 5.74) is -0.329. The van der Waals surface area contributed by atoms with Gasteiger partial charge in [0.2, 0.25) is 0 Å². The highest BCUT2D eigenvalue weighted by molar-refractivity contribution is 5.79. The Morgan fingerprint density at radius 1 is 1.17 bits per heavy atom. The van der Waals surface area contributed by atoms with Gasteiger partial charge in [-0.3, -0.25) is 9.59 Å². The first-order chi connectivity index (χ1) is 11.3. The van der Waals surface area contributed by atoms with Crippen molar-refractivity contribution in [3.05, 3.63) is 46.2 Å². The number of esters is 1. The van der Waals surface area contributed by atoms with Crippen molar-refractivity contribution in [2.24, 2.45) is 5.41 Å². The predicted molar refractivity (Wildman–Crippen MR) is 93.9 cm³/mol. The average molecular weight is 328 g/mol. The molecule has 0 bridgehead atoms. The summed E-state index contributed by atoms with van der Waals surface area (Å²) >= 11 is 0. The molecule has 128 valence electrons. The van der Waals surface area contributed by atoms with Gasteiger partial charge in [-0.1, -0.05) is 18.2 Å². The minimum Gasteiger partial charge on any atom is -0.453 e. The van der Waals surface area contributed by atoms with E-state index in [0.29, 0.717) is 31.5 Å². The number of piperidine rings is 1. The number of hydrogen-bond acceptors (Lipinski definition) is 4. The molecule has 0 amide bonds. The highest BCUT2D eigenvalue weighted by Crippen LogP contribution is 2.36. The van der Waals surface area contributed by atoms with Crippen molar-refractivity contribution in [1.29, 1.82) is 0 Å². The highest BCUT2D eigenvalue weighted by atomic mass is 16.6. The van der Waals surface area contributed by atoms with Crippen LogP contribution in [-0.4, -0.2) is 24.0 Å². The molecule has 2 N–H and O–H groups in total. The first kappa shape index (κ1) is 16.7. The number of nitrogens with one attached hydrogen (secondary N) is 2. The number of aromatic amines is 1. The molecule has 0 spiro atoms. The Morgan fingerprint density at radius 3 is 2.50 bits per heavy atom. The highest BCUT2D eigenvalue weighted by Gasteiger charge is 2.42. The van der Waals surface area contributed by atoms with E-state index >= 15 is 0 Å². The van der Waals surface area contributed by atoms with Gasteiger partial charge in [-0.05, 0) is 51.4 Å². The summed E-state index contributed by atoms with van der Waals surface area (Å²) in [4.78, 5) is 28.2. The number of pyridine rings is 1. The number of aromatic nitrogens is 1. The zero-order chi connectivity index (χ0) is 17.4. The Hall–Kier alpha value is -2.14. The van der Waals surface area contributed by atoms with Crippen LogP contribution in [0.5, 0.6) is 0 Å². The third-order valence-corrected chi connectivity index (χ3v) is 4.56. The molecule has 0 aliphatic carbocycles. The molecule has 3 rings (SSSR count). The number of hydrogen-bond donors (Lipinski definition) is 2. The zero-order valence-electron chi connectivity index (χ0n) is 14.4. The molecule has 24 heavy (non-hydrogen) atoms. The molecule has 0 saturated carbocycles. The van der Waals surface area contributed by atoms with E-state index in [1.54, 1.807) is 0 Å². The van der Waals surface area contributed by atoms with Crippen molar-refractivity contribution in [2.75, 3.05) is 13.1 Å². The number of carbonyl (C=O) groups excluding carboxylic acids is 1. The van der Waals surface area contributed by atoms with Gasteiger partial charge < -0.3 is 15.0 Å². The minimum absolute atomic E-state index is 0.183. The van der Waals surface area contributed by atoms with Gasteiger partial charge in [0.15, 0.2) is 0 Å². The lowest BCUT2D eigenvalue weighted by Crippen LogP contribution is -2.47. The smallest absolute Gasteiger partial charge is 0.312 e. The maximum Gasteiger partial charge on any atom is 0.312 e. The van der Waals surface area contributed by atoms with Crippen molar-refractivity contribution in [2.45, 2.75) is 39.2 Å². The van der Waals surface area contributed by atoms with E-state index in [2.05, 4.69) is 10.3 Å². The van der Waals surface area contributed by atoms with Crippen LogP contribution in [0.4, 0.5) is 0 Å². The maximum absolute atomic E-state index is 12.7. The summed E-state index contributed by atoms with van der Waals surface area (Å²) in [6.07, 6.45) is 1.19. The molecule has 1 saturated heterocycles. The summed E-state index contributed by atoms with van der Waals surface area (Å²) in [7, 11) is 0. The predicted octanol–water partition coefficient (Wildman–Crippen LogP) is 2.70. The van der Waals surface area contributed by atoms with Gasteiger partial charge in [0.25, 0.3) is 5.56 Å². The van der Waals surface area contributed by atoms with E-state index in [1.165, 1.54) is 0 Å². The Morgan fingerprint density at radius 2 is 1.83 bits per heavy atom. The molecule has 1 aromatic carbocycles. The van der Waals surface area contributed by atoms with Gasteiger partial charge in [0.1, 0.15) is 5.60 Å². The van der Waals surface area contributed by atoms with Gasteiger partial charge >= 0.3 is 5.97 Å². The zero-order valence-corrected chi connectivity index (χ0v) is 14.4. The van der Waals surface area contributed by atoms with Gasteiger partial charge in [-0.2, -0.15) is 0 Å². The molecule has 1 aliphatic rings. The number of ether oxygens (including phenoxy) is 1. The second kappa shape index (κ2) is 6.06. The van der Waals surface area contributed by atoms with Crippen molar-refractivity contribution in [3.63, 3.8) is 0 Å². The van der Waals surface area contributed by atoms with Crippen molar-refractivity contribution in [3.8, 4) is 0 Å². The summed E-state index contributed by atoms with van der Waals surface area (Å²) in [5.74, 6) is -0.281. The Balaban J connectivity index is 2.11. The molecule has 0 radical (unpaired) electrons. The van der Waals surface area contributed by atoms with Crippen LogP contribution < -0.4 is 10.9 Å². The van der Waals surface area contributed by atoms with E-state index in [-0.39, 0.29) is 11.5 Å². The Bertz CT molecular complexity index is 811. The van der Waals surface area contributed by atoms with Crippen molar-refractivity contribution >= 4 is 16.9 Å². The van der Waals surface area contributed by atoms with Crippen LogP contribution in [0.25, 0.3) is 10.9 Å². The third-order valence-electron chi connectivity index (χ3n) is 4.56. The lowest BCUT2D eigenvalue weighted by atomic mass is 9.84. The van der Waals surface area contributed by atoms with Gasteiger partial charge in [0.05, 0.1) is 11.0 Å². The standard InChI is InChI=1S/C19H24N2O3/c1-18(2,3)17(23)24-19(8-10-20-11-9-19)14-12-13-6-4-5-7-15(13)21-16(14)22/h4-7,12,20H,8-11H2,1-3H3,(H,21,22). The van der Waals surface area contributed by atoms with Gasteiger partial charge in [0, 0.05) is 18.4 Å². The molecular weight excluding hydrogens is 304 g/mol. The fourth-order valence-corrected chi connectivity index (χ4v) is 3.07.